The predicted octanol–water partition coefficient (Wildman–Crippen LogP) is 1.85. The molecule has 0 fully saturated rings. The summed E-state index contributed by atoms with van der Waals surface area (Å²) >= 11 is 9.12. The summed E-state index contributed by atoms with van der Waals surface area (Å²) < 4.78 is 0.722. The standard InChI is InChI=1S/C10H14BrClN4O/c1-3-4-16(6-8(17)13-2)9-7(11)5-14-10(12)15-9/h5H,3-4,6H2,1-2H3,(H,13,17). The van der Waals surface area contributed by atoms with Gasteiger partial charge in [-0.15, -0.1) is 0 Å². The summed E-state index contributed by atoms with van der Waals surface area (Å²) in [6.07, 6.45) is 2.49. The van der Waals surface area contributed by atoms with Crippen LogP contribution in [0.15, 0.2) is 10.7 Å². The Kier molecular flexibility index (Phi) is 5.64. The second-order valence-electron chi connectivity index (χ2n) is 3.41. The molecule has 1 N–H and O–H groups in total. The van der Waals surface area contributed by atoms with Crippen molar-refractivity contribution in [1.82, 2.24) is 15.3 Å². The van der Waals surface area contributed by atoms with Gasteiger partial charge >= 0.3 is 0 Å². The number of halogens is 2. The number of anilines is 1. The summed E-state index contributed by atoms with van der Waals surface area (Å²) in [6.45, 7) is 3.00. The van der Waals surface area contributed by atoms with E-state index in [0.29, 0.717) is 5.82 Å². The van der Waals surface area contributed by atoms with Crippen molar-refractivity contribution >= 4 is 39.3 Å². The van der Waals surface area contributed by atoms with Crippen molar-refractivity contribution < 1.29 is 4.79 Å². The number of hydrogen-bond acceptors (Lipinski definition) is 4. The molecule has 0 aliphatic rings. The first-order valence-electron chi connectivity index (χ1n) is 5.22. The molecule has 5 nitrogen and oxygen atoms in total. The minimum atomic E-state index is -0.0694. The average molecular weight is 322 g/mol. The second kappa shape index (κ2) is 6.76. The van der Waals surface area contributed by atoms with Gasteiger partial charge in [-0.25, -0.2) is 4.98 Å². The molecular formula is C10H14BrClN4O. The van der Waals surface area contributed by atoms with E-state index in [2.05, 4.69) is 31.2 Å². The molecule has 1 amide bonds. The monoisotopic (exact) mass is 320 g/mol. The van der Waals surface area contributed by atoms with Gasteiger partial charge in [0.05, 0.1) is 11.0 Å². The molecule has 0 bridgehead atoms. The molecule has 0 spiro atoms. The Labute approximate surface area is 114 Å². The van der Waals surface area contributed by atoms with Crippen LogP contribution in [0.2, 0.25) is 5.28 Å². The maximum atomic E-state index is 11.4. The highest BCUT2D eigenvalue weighted by atomic mass is 79.9. The van der Waals surface area contributed by atoms with E-state index in [0.717, 1.165) is 17.4 Å². The maximum absolute atomic E-state index is 11.4. The van der Waals surface area contributed by atoms with E-state index in [4.69, 9.17) is 11.6 Å². The van der Waals surface area contributed by atoms with Crippen molar-refractivity contribution in [3.63, 3.8) is 0 Å². The Morgan fingerprint density at radius 2 is 2.35 bits per heavy atom. The number of nitrogens with one attached hydrogen (secondary N) is 1. The first kappa shape index (κ1) is 14.2. The SMILES string of the molecule is CCCN(CC(=O)NC)c1nc(Cl)ncc1Br. The van der Waals surface area contributed by atoms with Crippen molar-refractivity contribution in [2.24, 2.45) is 0 Å². The van der Waals surface area contributed by atoms with Gasteiger partial charge in [-0.1, -0.05) is 6.92 Å². The number of nitrogens with zero attached hydrogens (tertiary/aromatic N) is 3. The third kappa shape index (κ3) is 4.12. The lowest BCUT2D eigenvalue weighted by Crippen LogP contribution is -2.36. The van der Waals surface area contributed by atoms with E-state index in [9.17, 15) is 4.79 Å². The molecule has 1 aromatic heterocycles. The molecule has 0 radical (unpaired) electrons. The Hall–Kier alpha value is -0.880. The van der Waals surface area contributed by atoms with Crippen molar-refractivity contribution in [3.8, 4) is 0 Å². The molecule has 0 unspecified atom stereocenters. The van der Waals surface area contributed by atoms with Gasteiger partial charge in [0, 0.05) is 19.8 Å². The zero-order valence-electron chi connectivity index (χ0n) is 9.70. The summed E-state index contributed by atoms with van der Waals surface area (Å²) in [4.78, 5) is 21.3. The Morgan fingerprint density at radius 1 is 1.65 bits per heavy atom. The molecule has 1 rings (SSSR count). The third-order valence-corrected chi connectivity index (χ3v) is 2.84. The first-order chi connectivity index (χ1) is 8.08. The summed E-state index contributed by atoms with van der Waals surface area (Å²) in [5, 5.41) is 2.75. The van der Waals surface area contributed by atoms with Crippen LogP contribution in [0, 0.1) is 0 Å². The molecule has 17 heavy (non-hydrogen) atoms. The van der Waals surface area contributed by atoms with Gasteiger partial charge in [0.1, 0.15) is 5.82 Å². The van der Waals surface area contributed by atoms with E-state index in [1.54, 1.807) is 13.2 Å². The number of hydrogen-bond donors (Lipinski definition) is 1. The minimum Gasteiger partial charge on any atom is -0.358 e. The highest BCUT2D eigenvalue weighted by Gasteiger charge is 2.15. The lowest BCUT2D eigenvalue weighted by Gasteiger charge is -2.23. The fourth-order valence-electron chi connectivity index (χ4n) is 1.34. The Balaban J connectivity index is 2.95. The molecule has 0 atom stereocenters. The van der Waals surface area contributed by atoms with Crippen LogP contribution in [-0.2, 0) is 4.79 Å². The highest BCUT2D eigenvalue weighted by Crippen LogP contribution is 2.24. The fourth-order valence-corrected chi connectivity index (χ4v) is 1.91. The van der Waals surface area contributed by atoms with Gasteiger partial charge in [-0.05, 0) is 34.0 Å². The van der Waals surface area contributed by atoms with E-state index in [1.807, 2.05) is 11.8 Å². The van der Waals surface area contributed by atoms with Gasteiger partial charge in [0.15, 0.2) is 0 Å². The Bertz CT molecular complexity index is 402. The van der Waals surface area contributed by atoms with Crippen LogP contribution in [0.5, 0.6) is 0 Å². The molecule has 94 valence electrons. The smallest absolute Gasteiger partial charge is 0.239 e. The molecule has 1 heterocycles. The lowest BCUT2D eigenvalue weighted by atomic mass is 10.3. The number of carbonyl (C=O) groups is 1. The van der Waals surface area contributed by atoms with Crippen LogP contribution in [0.3, 0.4) is 0 Å². The molecule has 1 aromatic rings. The molecular weight excluding hydrogens is 307 g/mol. The average Bonchev–Trinajstić information content (AvgIpc) is 2.31. The van der Waals surface area contributed by atoms with E-state index >= 15 is 0 Å². The molecule has 0 aromatic carbocycles. The van der Waals surface area contributed by atoms with E-state index in [1.165, 1.54) is 0 Å². The topological polar surface area (TPSA) is 58.1 Å². The van der Waals surface area contributed by atoms with Gasteiger partial charge in [-0.3, -0.25) is 4.79 Å². The number of likely N-dealkylation sites (N-methyl/N-ethyl adjacent to an activating group) is 1. The summed E-state index contributed by atoms with van der Waals surface area (Å²) in [6, 6.07) is 0. The molecule has 7 heteroatoms. The lowest BCUT2D eigenvalue weighted by molar-refractivity contribution is -0.119. The summed E-state index contributed by atoms with van der Waals surface area (Å²) in [5.74, 6) is 0.565. The van der Waals surface area contributed by atoms with Crippen molar-refractivity contribution in [1.29, 1.82) is 0 Å². The zero-order chi connectivity index (χ0) is 12.8. The summed E-state index contributed by atoms with van der Waals surface area (Å²) in [7, 11) is 1.61. The fraction of sp³-hybridized carbons (Fsp3) is 0.500. The second-order valence-corrected chi connectivity index (χ2v) is 4.60. The predicted molar refractivity (Wildman–Crippen MR) is 71.3 cm³/mol. The quantitative estimate of drug-likeness (QED) is 0.841. The van der Waals surface area contributed by atoms with Gasteiger partial charge in [0.25, 0.3) is 0 Å². The van der Waals surface area contributed by atoms with Gasteiger partial charge < -0.3 is 10.2 Å². The van der Waals surface area contributed by atoms with Crippen LogP contribution in [0.1, 0.15) is 13.3 Å². The van der Waals surface area contributed by atoms with E-state index < -0.39 is 0 Å². The third-order valence-electron chi connectivity index (χ3n) is 2.10. The van der Waals surface area contributed by atoms with Crippen LogP contribution >= 0.6 is 27.5 Å². The van der Waals surface area contributed by atoms with Gasteiger partial charge in [-0.2, -0.15) is 4.98 Å². The molecule has 0 saturated carbocycles. The number of rotatable bonds is 5. The van der Waals surface area contributed by atoms with E-state index in [-0.39, 0.29) is 17.7 Å². The first-order valence-corrected chi connectivity index (χ1v) is 6.39. The largest absolute Gasteiger partial charge is 0.358 e. The van der Waals surface area contributed by atoms with Crippen molar-refractivity contribution in [3.05, 3.63) is 16.0 Å². The molecule has 0 aliphatic heterocycles. The van der Waals surface area contributed by atoms with Crippen LogP contribution in [0.25, 0.3) is 0 Å². The maximum Gasteiger partial charge on any atom is 0.239 e. The minimum absolute atomic E-state index is 0.0694. The van der Waals surface area contributed by atoms with Crippen molar-refractivity contribution in [2.45, 2.75) is 13.3 Å². The van der Waals surface area contributed by atoms with Crippen LogP contribution in [0.4, 0.5) is 5.82 Å². The number of carbonyl (C=O) groups excluding carboxylic acids is 1. The molecule has 0 saturated heterocycles. The number of aromatic nitrogens is 2. The van der Waals surface area contributed by atoms with Gasteiger partial charge in [0.2, 0.25) is 11.2 Å². The van der Waals surface area contributed by atoms with Crippen LogP contribution < -0.4 is 10.2 Å². The Morgan fingerprint density at radius 3 is 2.94 bits per heavy atom. The normalized spacial score (nSPS) is 10.1. The van der Waals surface area contributed by atoms with Crippen molar-refractivity contribution in [2.75, 3.05) is 25.0 Å². The number of amides is 1. The zero-order valence-corrected chi connectivity index (χ0v) is 12.0. The van der Waals surface area contributed by atoms with Crippen LogP contribution in [-0.4, -0.2) is 36.0 Å². The molecule has 0 aliphatic carbocycles. The summed E-state index contributed by atoms with van der Waals surface area (Å²) in [5.41, 5.74) is 0. The highest BCUT2D eigenvalue weighted by molar-refractivity contribution is 9.10.